The Balaban J connectivity index is 2.29. The number of hydrogen-bond donors (Lipinski definition) is 3. The quantitative estimate of drug-likeness (QED) is 0.641. The summed E-state index contributed by atoms with van der Waals surface area (Å²) in [7, 11) is 0. The summed E-state index contributed by atoms with van der Waals surface area (Å²) < 4.78 is 0. The van der Waals surface area contributed by atoms with E-state index in [-0.39, 0.29) is 18.5 Å². The van der Waals surface area contributed by atoms with E-state index in [0.717, 1.165) is 38.5 Å². The first-order valence-corrected chi connectivity index (χ1v) is 7.63. The van der Waals surface area contributed by atoms with Crippen molar-refractivity contribution in [1.29, 1.82) is 0 Å². The van der Waals surface area contributed by atoms with Crippen LogP contribution in [0.25, 0.3) is 0 Å². The van der Waals surface area contributed by atoms with Crippen molar-refractivity contribution in [1.82, 2.24) is 10.6 Å². The molecule has 0 radical (unpaired) electrons. The van der Waals surface area contributed by atoms with Gasteiger partial charge in [0.05, 0.1) is 12.0 Å². The van der Waals surface area contributed by atoms with E-state index in [9.17, 15) is 9.59 Å². The van der Waals surface area contributed by atoms with Crippen LogP contribution in [0.4, 0.5) is 4.79 Å². The summed E-state index contributed by atoms with van der Waals surface area (Å²) in [6.45, 7) is 6.37. The predicted octanol–water partition coefficient (Wildman–Crippen LogP) is 2.90. The van der Waals surface area contributed by atoms with Gasteiger partial charge in [-0.3, -0.25) is 4.79 Å². The van der Waals surface area contributed by atoms with Gasteiger partial charge in [0.1, 0.15) is 0 Å². The normalized spacial score (nSPS) is 18.2. The molecule has 1 aliphatic rings. The second-order valence-corrected chi connectivity index (χ2v) is 6.53. The van der Waals surface area contributed by atoms with Crippen LogP contribution in [0.5, 0.6) is 0 Å². The topological polar surface area (TPSA) is 78.4 Å². The third-order valence-corrected chi connectivity index (χ3v) is 3.98. The first-order chi connectivity index (χ1) is 9.33. The Hall–Kier alpha value is -1.26. The largest absolute Gasteiger partial charge is 0.481 e. The molecular formula is C15H28N2O3. The maximum Gasteiger partial charge on any atom is 0.315 e. The molecule has 0 bridgehead atoms. The van der Waals surface area contributed by atoms with Crippen LogP contribution < -0.4 is 10.6 Å². The minimum absolute atomic E-state index is 0.0160. The first kappa shape index (κ1) is 16.8. The van der Waals surface area contributed by atoms with E-state index in [4.69, 9.17) is 5.11 Å². The van der Waals surface area contributed by atoms with Crippen molar-refractivity contribution in [3.05, 3.63) is 0 Å². The van der Waals surface area contributed by atoms with Crippen LogP contribution in [-0.2, 0) is 4.79 Å². The van der Waals surface area contributed by atoms with Crippen molar-refractivity contribution in [2.24, 2.45) is 5.92 Å². The second kappa shape index (κ2) is 7.50. The van der Waals surface area contributed by atoms with Crippen molar-refractivity contribution >= 4 is 12.0 Å². The summed E-state index contributed by atoms with van der Waals surface area (Å²) in [6, 6.07) is -0.112. The van der Waals surface area contributed by atoms with Crippen LogP contribution >= 0.6 is 0 Å². The van der Waals surface area contributed by atoms with Gasteiger partial charge in [0.25, 0.3) is 0 Å². The van der Waals surface area contributed by atoms with E-state index < -0.39 is 11.5 Å². The molecule has 2 amide bonds. The van der Waals surface area contributed by atoms with Gasteiger partial charge in [-0.2, -0.15) is 0 Å². The molecule has 0 aromatic carbocycles. The molecule has 1 rings (SSSR count). The highest BCUT2D eigenvalue weighted by molar-refractivity contribution is 5.77. The Morgan fingerprint density at radius 3 is 2.30 bits per heavy atom. The van der Waals surface area contributed by atoms with Gasteiger partial charge < -0.3 is 15.7 Å². The molecule has 0 saturated heterocycles. The first-order valence-electron chi connectivity index (χ1n) is 7.63. The van der Waals surface area contributed by atoms with Crippen LogP contribution in [0.15, 0.2) is 0 Å². The average molecular weight is 284 g/mol. The van der Waals surface area contributed by atoms with E-state index in [0.29, 0.717) is 5.92 Å². The van der Waals surface area contributed by atoms with Gasteiger partial charge in [0.2, 0.25) is 0 Å². The second-order valence-electron chi connectivity index (χ2n) is 6.53. The molecule has 0 aromatic heterocycles. The lowest BCUT2D eigenvalue weighted by molar-refractivity contribution is -0.139. The zero-order chi connectivity index (χ0) is 15.2. The van der Waals surface area contributed by atoms with Gasteiger partial charge in [-0.1, -0.05) is 26.7 Å². The molecule has 0 aromatic rings. The summed E-state index contributed by atoms with van der Waals surface area (Å²) in [5.41, 5.74) is -0.520. The predicted molar refractivity (Wildman–Crippen MR) is 78.7 cm³/mol. The zero-order valence-electron chi connectivity index (χ0n) is 12.9. The molecule has 116 valence electrons. The van der Waals surface area contributed by atoms with E-state index >= 15 is 0 Å². The van der Waals surface area contributed by atoms with Gasteiger partial charge in [-0.05, 0) is 38.5 Å². The van der Waals surface area contributed by atoms with E-state index in [1.165, 1.54) is 0 Å². The standard InChI is InChI=1S/C15H28N2O3/c1-11(2)6-4-7-12(3)16-14(20)17-15(8-5-9-15)10-13(18)19/h11-12H,4-10H2,1-3H3,(H,18,19)(H2,16,17,20). The maximum absolute atomic E-state index is 11.9. The molecule has 1 fully saturated rings. The van der Waals surface area contributed by atoms with Crippen LogP contribution in [0.3, 0.4) is 0 Å². The third kappa shape index (κ3) is 5.80. The molecule has 1 saturated carbocycles. The summed E-state index contributed by atoms with van der Waals surface area (Å²) in [5.74, 6) is -0.167. The minimum Gasteiger partial charge on any atom is -0.481 e. The third-order valence-electron chi connectivity index (χ3n) is 3.98. The van der Waals surface area contributed by atoms with Crippen LogP contribution in [0.2, 0.25) is 0 Å². The summed E-state index contributed by atoms with van der Waals surface area (Å²) in [6.07, 6.45) is 5.73. The molecule has 1 unspecified atom stereocenters. The Kier molecular flexibility index (Phi) is 6.30. The average Bonchev–Trinajstić information content (AvgIpc) is 2.24. The number of rotatable bonds is 8. The number of carboxylic acids is 1. The van der Waals surface area contributed by atoms with Gasteiger partial charge in [0.15, 0.2) is 0 Å². The van der Waals surface area contributed by atoms with Crippen molar-refractivity contribution < 1.29 is 14.7 Å². The molecule has 1 aliphatic carbocycles. The lowest BCUT2D eigenvalue weighted by Gasteiger charge is -2.41. The van der Waals surface area contributed by atoms with Crippen molar-refractivity contribution in [3.63, 3.8) is 0 Å². The van der Waals surface area contributed by atoms with E-state index in [1.807, 2.05) is 6.92 Å². The number of aliphatic carboxylic acids is 1. The number of nitrogens with one attached hydrogen (secondary N) is 2. The molecule has 1 atom stereocenters. The minimum atomic E-state index is -0.852. The van der Waals surface area contributed by atoms with Gasteiger partial charge >= 0.3 is 12.0 Å². The Morgan fingerprint density at radius 1 is 1.20 bits per heavy atom. The number of hydrogen-bond acceptors (Lipinski definition) is 2. The molecule has 3 N–H and O–H groups in total. The van der Waals surface area contributed by atoms with Gasteiger partial charge in [-0.25, -0.2) is 4.79 Å². The summed E-state index contributed by atoms with van der Waals surface area (Å²) in [4.78, 5) is 22.8. The van der Waals surface area contributed by atoms with E-state index in [2.05, 4.69) is 24.5 Å². The van der Waals surface area contributed by atoms with E-state index in [1.54, 1.807) is 0 Å². The van der Waals surface area contributed by atoms with Crippen LogP contribution in [0, 0.1) is 5.92 Å². The molecule has 5 nitrogen and oxygen atoms in total. The smallest absolute Gasteiger partial charge is 0.315 e. The van der Waals surface area contributed by atoms with Crippen molar-refractivity contribution in [2.45, 2.75) is 77.3 Å². The van der Waals surface area contributed by atoms with Crippen molar-refractivity contribution in [3.8, 4) is 0 Å². The number of carbonyl (C=O) groups is 2. The number of amides is 2. The Labute approximate surface area is 121 Å². The highest BCUT2D eigenvalue weighted by Gasteiger charge is 2.40. The highest BCUT2D eigenvalue weighted by Crippen LogP contribution is 2.34. The summed E-state index contributed by atoms with van der Waals surface area (Å²) >= 11 is 0. The number of urea groups is 1. The Bertz CT molecular complexity index is 338. The number of carbonyl (C=O) groups excluding carboxylic acids is 1. The molecule has 5 heteroatoms. The fraction of sp³-hybridized carbons (Fsp3) is 0.867. The molecule has 20 heavy (non-hydrogen) atoms. The van der Waals surface area contributed by atoms with Gasteiger partial charge in [0, 0.05) is 6.04 Å². The maximum atomic E-state index is 11.9. The number of carboxylic acid groups (broad SMARTS) is 1. The molecule has 0 heterocycles. The van der Waals surface area contributed by atoms with Gasteiger partial charge in [-0.15, -0.1) is 0 Å². The lowest BCUT2D eigenvalue weighted by Crippen LogP contribution is -2.58. The van der Waals surface area contributed by atoms with Crippen LogP contribution in [-0.4, -0.2) is 28.7 Å². The highest BCUT2D eigenvalue weighted by atomic mass is 16.4. The van der Waals surface area contributed by atoms with Crippen LogP contribution in [0.1, 0.15) is 65.7 Å². The molecular weight excluding hydrogens is 256 g/mol. The van der Waals surface area contributed by atoms with Crippen molar-refractivity contribution in [2.75, 3.05) is 0 Å². The SMILES string of the molecule is CC(C)CCCC(C)NC(=O)NC1(CC(=O)O)CCC1. The Morgan fingerprint density at radius 2 is 1.85 bits per heavy atom. The monoisotopic (exact) mass is 284 g/mol. The fourth-order valence-corrected chi connectivity index (χ4v) is 2.64. The zero-order valence-corrected chi connectivity index (χ0v) is 12.9. The molecule has 0 spiro atoms. The summed E-state index contributed by atoms with van der Waals surface area (Å²) in [5, 5.41) is 14.7. The lowest BCUT2D eigenvalue weighted by atomic mass is 9.74. The fourth-order valence-electron chi connectivity index (χ4n) is 2.64. The molecule has 0 aliphatic heterocycles.